The SMILES string of the molecule is CCNC(=NCc1cc(C#N)ccc1F)Nc1cccc(OCCCOC)c1. The molecule has 0 atom stereocenters. The molecule has 0 saturated heterocycles. The molecule has 0 aliphatic rings. The molecule has 0 aliphatic heterocycles. The Labute approximate surface area is 165 Å². The zero-order chi connectivity index (χ0) is 20.2. The normalized spacial score (nSPS) is 11.0. The zero-order valence-electron chi connectivity index (χ0n) is 16.2. The average molecular weight is 384 g/mol. The number of rotatable bonds is 9. The number of guanidine groups is 1. The fraction of sp³-hybridized carbons (Fsp3) is 0.333. The molecule has 0 amide bonds. The third-order valence-corrected chi connectivity index (χ3v) is 3.78. The smallest absolute Gasteiger partial charge is 0.196 e. The standard InChI is InChI=1S/C21H25FN4O2/c1-3-24-21(25-15-17-12-16(14-23)8-9-20(17)22)26-18-6-4-7-19(13-18)28-11-5-10-27-2/h4,6-9,12-13H,3,5,10-11,15H2,1-2H3,(H2,24,25,26). The van der Waals surface area contributed by atoms with Gasteiger partial charge in [-0.25, -0.2) is 9.38 Å². The molecule has 2 aromatic rings. The van der Waals surface area contributed by atoms with Gasteiger partial charge in [-0.05, 0) is 37.3 Å². The number of nitrogens with one attached hydrogen (secondary N) is 2. The molecule has 2 aromatic carbocycles. The van der Waals surface area contributed by atoms with Crippen LogP contribution in [0.25, 0.3) is 0 Å². The van der Waals surface area contributed by atoms with Crippen molar-refractivity contribution in [1.29, 1.82) is 5.26 Å². The van der Waals surface area contributed by atoms with Crippen LogP contribution in [0.2, 0.25) is 0 Å². The van der Waals surface area contributed by atoms with Gasteiger partial charge < -0.3 is 20.1 Å². The van der Waals surface area contributed by atoms with Crippen LogP contribution in [0.5, 0.6) is 5.75 Å². The van der Waals surface area contributed by atoms with Gasteiger partial charge >= 0.3 is 0 Å². The molecule has 0 aliphatic carbocycles. The van der Waals surface area contributed by atoms with Crippen molar-refractivity contribution < 1.29 is 13.9 Å². The molecule has 2 N–H and O–H groups in total. The minimum atomic E-state index is -0.384. The van der Waals surface area contributed by atoms with Crippen LogP contribution in [0.3, 0.4) is 0 Å². The van der Waals surface area contributed by atoms with Crippen LogP contribution in [0, 0.1) is 17.1 Å². The predicted molar refractivity (Wildman–Crippen MR) is 108 cm³/mol. The third kappa shape index (κ3) is 6.89. The maximum atomic E-state index is 14.0. The molecule has 7 heteroatoms. The lowest BCUT2D eigenvalue weighted by atomic mass is 10.1. The van der Waals surface area contributed by atoms with Gasteiger partial charge in [-0.3, -0.25) is 0 Å². The summed E-state index contributed by atoms with van der Waals surface area (Å²) in [5.41, 5.74) is 1.57. The Bertz CT molecular complexity index is 833. The predicted octanol–water partition coefficient (Wildman–Crippen LogP) is 3.69. The van der Waals surface area contributed by atoms with Crippen LogP contribution in [-0.4, -0.2) is 32.8 Å². The molecule has 28 heavy (non-hydrogen) atoms. The molecule has 0 saturated carbocycles. The summed E-state index contributed by atoms with van der Waals surface area (Å²) in [6.45, 7) is 3.94. The van der Waals surface area contributed by atoms with Crippen LogP contribution in [0.4, 0.5) is 10.1 Å². The summed E-state index contributed by atoms with van der Waals surface area (Å²) in [7, 11) is 1.66. The highest BCUT2D eigenvalue weighted by atomic mass is 19.1. The van der Waals surface area contributed by atoms with E-state index in [4.69, 9.17) is 14.7 Å². The Morgan fingerprint density at radius 2 is 2.07 bits per heavy atom. The summed E-state index contributed by atoms with van der Waals surface area (Å²) >= 11 is 0. The second-order valence-electron chi connectivity index (χ2n) is 5.96. The minimum Gasteiger partial charge on any atom is -0.493 e. The Balaban J connectivity index is 2.06. The summed E-state index contributed by atoms with van der Waals surface area (Å²) in [6.07, 6.45) is 0.811. The lowest BCUT2D eigenvalue weighted by Crippen LogP contribution is -2.30. The summed E-state index contributed by atoms with van der Waals surface area (Å²) < 4.78 is 24.7. The maximum Gasteiger partial charge on any atom is 0.196 e. The number of benzene rings is 2. The minimum absolute atomic E-state index is 0.115. The van der Waals surface area contributed by atoms with E-state index in [1.54, 1.807) is 7.11 Å². The van der Waals surface area contributed by atoms with E-state index in [0.717, 1.165) is 17.9 Å². The number of hydrogen-bond acceptors (Lipinski definition) is 4. The van der Waals surface area contributed by atoms with E-state index in [9.17, 15) is 4.39 Å². The van der Waals surface area contributed by atoms with Gasteiger partial charge in [0.05, 0.1) is 24.8 Å². The topological polar surface area (TPSA) is 78.7 Å². The van der Waals surface area contributed by atoms with Gasteiger partial charge in [0, 0.05) is 44.0 Å². The van der Waals surface area contributed by atoms with Crippen molar-refractivity contribution in [2.45, 2.75) is 19.9 Å². The molecular formula is C21H25FN4O2. The van der Waals surface area contributed by atoms with Crippen molar-refractivity contribution in [1.82, 2.24) is 5.32 Å². The second kappa shape index (κ2) is 11.6. The number of methoxy groups -OCH3 is 1. The molecule has 0 fully saturated rings. The van der Waals surface area contributed by atoms with Crippen LogP contribution in [0.15, 0.2) is 47.5 Å². The van der Waals surface area contributed by atoms with E-state index >= 15 is 0 Å². The van der Waals surface area contributed by atoms with Gasteiger partial charge in [-0.2, -0.15) is 5.26 Å². The number of nitriles is 1. The quantitative estimate of drug-likeness (QED) is 0.392. The van der Waals surface area contributed by atoms with Crippen LogP contribution < -0.4 is 15.4 Å². The molecule has 0 bridgehead atoms. The average Bonchev–Trinajstić information content (AvgIpc) is 2.71. The third-order valence-electron chi connectivity index (χ3n) is 3.78. The molecule has 0 unspecified atom stereocenters. The Morgan fingerprint density at radius 3 is 2.82 bits per heavy atom. The molecule has 0 spiro atoms. The fourth-order valence-electron chi connectivity index (χ4n) is 2.43. The fourth-order valence-corrected chi connectivity index (χ4v) is 2.43. The first-order valence-corrected chi connectivity index (χ1v) is 9.12. The first-order valence-electron chi connectivity index (χ1n) is 9.12. The van der Waals surface area contributed by atoms with E-state index in [1.807, 2.05) is 37.3 Å². The van der Waals surface area contributed by atoms with E-state index in [-0.39, 0.29) is 12.4 Å². The van der Waals surface area contributed by atoms with E-state index in [2.05, 4.69) is 15.6 Å². The summed E-state index contributed by atoms with van der Waals surface area (Å²) in [6, 6.07) is 13.8. The van der Waals surface area contributed by atoms with Gasteiger partial charge in [-0.15, -0.1) is 0 Å². The monoisotopic (exact) mass is 384 g/mol. The van der Waals surface area contributed by atoms with Crippen LogP contribution in [-0.2, 0) is 11.3 Å². The van der Waals surface area contributed by atoms with Crippen molar-refractivity contribution in [2.75, 3.05) is 32.2 Å². The summed E-state index contributed by atoms with van der Waals surface area (Å²) in [5, 5.41) is 15.3. The molecule has 0 aromatic heterocycles. The van der Waals surface area contributed by atoms with Gasteiger partial charge in [0.2, 0.25) is 0 Å². The number of anilines is 1. The first-order chi connectivity index (χ1) is 13.7. The molecule has 2 rings (SSSR count). The van der Waals surface area contributed by atoms with Gasteiger partial charge in [0.1, 0.15) is 11.6 Å². The van der Waals surface area contributed by atoms with E-state index in [0.29, 0.717) is 36.8 Å². The lowest BCUT2D eigenvalue weighted by Gasteiger charge is -2.13. The zero-order valence-corrected chi connectivity index (χ0v) is 16.2. The Morgan fingerprint density at radius 1 is 1.21 bits per heavy atom. The highest BCUT2D eigenvalue weighted by molar-refractivity contribution is 5.93. The molecule has 6 nitrogen and oxygen atoms in total. The lowest BCUT2D eigenvalue weighted by molar-refractivity contribution is 0.172. The molecule has 148 valence electrons. The Kier molecular flexibility index (Phi) is 8.76. The maximum absolute atomic E-state index is 14.0. The van der Waals surface area contributed by atoms with Gasteiger partial charge in [0.25, 0.3) is 0 Å². The highest BCUT2D eigenvalue weighted by Crippen LogP contribution is 2.18. The number of nitrogens with zero attached hydrogens (tertiary/aromatic N) is 2. The van der Waals surface area contributed by atoms with Gasteiger partial charge in [-0.1, -0.05) is 6.07 Å². The van der Waals surface area contributed by atoms with Gasteiger partial charge in [0.15, 0.2) is 5.96 Å². The molecule has 0 radical (unpaired) electrons. The van der Waals surface area contributed by atoms with E-state index < -0.39 is 0 Å². The molecule has 0 heterocycles. The number of halogens is 1. The number of aliphatic imine (C=N–C) groups is 1. The van der Waals surface area contributed by atoms with Crippen molar-refractivity contribution in [3.8, 4) is 11.8 Å². The van der Waals surface area contributed by atoms with E-state index in [1.165, 1.54) is 18.2 Å². The molecular weight excluding hydrogens is 359 g/mol. The summed E-state index contributed by atoms with van der Waals surface area (Å²) in [4.78, 5) is 4.42. The Hall–Kier alpha value is -3.11. The van der Waals surface area contributed by atoms with Crippen molar-refractivity contribution >= 4 is 11.6 Å². The number of hydrogen-bond donors (Lipinski definition) is 2. The largest absolute Gasteiger partial charge is 0.493 e. The van der Waals surface area contributed by atoms with Crippen molar-refractivity contribution in [2.24, 2.45) is 4.99 Å². The highest BCUT2D eigenvalue weighted by Gasteiger charge is 2.05. The van der Waals surface area contributed by atoms with Crippen LogP contribution >= 0.6 is 0 Å². The second-order valence-corrected chi connectivity index (χ2v) is 5.96. The van der Waals surface area contributed by atoms with Crippen LogP contribution in [0.1, 0.15) is 24.5 Å². The summed E-state index contributed by atoms with van der Waals surface area (Å²) in [5.74, 6) is 0.871. The number of ether oxygens (including phenoxy) is 2. The van der Waals surface area contributed by atoms with Crippen molar-refractivity contribution in [3.63, 3.8) is 0 Å². The first kappa shape index (κ1) is 21.2. The van der Waals surface area contributed by atoms with Crippen molar-refractivity contribution in [3.05, 3.63) is 59.4 Å².